The van der Waals surface area contributed by atoms with E-state index in [0.717, 1.165) is 30.0 Å². The van der Waals surface area contributed by atoms with Crippen molar-refractivity contribution in [3.8, 4) is 5.75 Å². The number of nitrogens with zero attached hydrogens (tertiary/aromatic N) is 2. The van der Waals surface area contributed by atoms with Gasteiger partial charge in [0.15, 0.2) is 0 Å². The van der Waals surface area contributed by atoms with Crippen molar-refractivity contribution in [2.24, 2.45) is 4.99 Å². The van der Waals surface area contributed by atoms with Gasteiger partial charge in [-0.25, -0.2) is 0 Å². The smallest absolute Gasteiger partial charge is 0.306 e. The SMILES string of the molecule is COC(=O)C[C@@H]1COc2cc(CCc3cccc(C4C(C)N=C5C=CC=CN54)c3C)ccc21. The van der Waals surface area contributed by atoms with Crippen molar-refractivity contribution in [2.75, 3.05) is 13.7 Å². The minimum atomic E-state index is -0.193. The monoisotopic (exact) mass is 442 g/mol. The molecule has 2 unspecified atom stereocenters. The number of allylic oxidation sites excluding steroid dienone is 2. The van der Waals surface area contributed by atoms with E-state index >= 15 is 0 Å². The van der Waals surface area contributed by atoms with Crippen LogP contribution in [-0.4, -0.2) is 36.5 Å². The quantitative estimate of drug-likeness (QED) is 0.588. The zero-order valence-corrected chi connectivity index (χ0v) is 19.5. The molecule has 5 rings (SSSR count). The van der Waals surface area contributed by atoms with Crippen LogP contribution in [0.25, 0.3) is 0 Å². The first kappa shape index (κ1) is 21.5. The molecule has 33 heavy (non-hydrogen) atoms. The number of methoxy groups -OCH3 is 1. The van der Waals surface area contributed by atoms with E-state index in [1.807, 2.05) is 6.08 Å². The zero-order valence-electron chi connectivity index (χ0n) is 19.5. The van der Waals surface area contributed by atoms with E-state index in [1.165, 1.54) is 29.4 Å². The number of aryl methyl sites for hydroxylation is 2. The van der Waals surface area contributed by atoms with E-state index in [0.29, 0.717) is 13.0 Å². The van der Waals surface area contributed by atoms with Crippen LogP contribution in [0.2, 0.25) is 0 Å². The number of amidine groups is 1. The minimum Gasteiger partial charge on any atom is -0.493 e. The molecular weight excluding hydrogens is 412 g/mol. The third-order valence-electron chi connectivity index (χ3n) is 7.05. The molecule has 0 radical (unpaired) electrons. The van der Waals surface area contributed by atoms with Gasteiger partial charge in [0.2, 0.25) is 0 Å². The van der Waals surface area contributed by atoms with E-state index in [4.69, 9.17) is 14.5 Å². The predicted octanol–water partition coefficient (Wildman–Crippen LogP) is 5.05. The van der Waals surface area contributed by atoms with E-state index in [9.17, 15) is 4.79 Å². The highest BCUT2D eigenvalue weighted by Crippen LogP contribution is 2.38. The highest BCUT2D eigenvalue weighted by atomic mass is 16.5. The second-order valence-corrected chi connectivity index (χ2v) is 9.07. The van der Waals surface area contributed by atoms with E-state index in [-0.39, 0.29) is 24.0 Å². The lowest BCUT2D eigenvalue weighted by Crippen LogP contribution is -2.28. The van der Waals surface area contributed by atoms with Crippen LogP contribution in [0, 0.1) is 6.92 Å². The van der Waals surface area contributed by atoms with E-state index in [2.05, 4.69) is 73.5 Å². The van der Waals surface area contributed by atoms with Crippen molar-refractivity contribution in [3.05, 3.63) is 88.6 Å². The number of fused-ring (bicyclic) bond motifs is 2. The van der Waals surface area contributed by atoms with Crippen molar-refractivity contribution < 1.29 is 14.3 Å². The third kappa shape index (κ3) is 4.08. The molecule has 3 aliphatic rings. The van der Waals surface area contributed by atoms with Gasteiger partial charge in [0.25, 0.3) is 0 Å². The number of benzene rings is 2. The molecule has 5 nitrogen and oxygen atoms in total. The lowest BCUT2D eigenvalue weighted by Gasteiger charge is -2.29. The molecule has 0 spiro atoms. The van der Waals surface area contributed by atoms with Crippen molar-refractivity contribution >= 4 is 11.8 Å². The zero-order chi connectivity index (χ0) is 22.9. The van der Waals surface area contributed by atoms with Crippen LogP contribution in [0.3, 0.4) is 0 Å². The van der Waals surface area contributed by atoms with Crippen LogP contribution in [0.1, 0.15) is 53.1 Å². The Labute approximate surface area is 195 Å². The molecule has 0 N–H and O–H groups in total. The fourth-order valence-corrected chi connectivity index (χ4v) is 5.22. The van der Waals surface area contributed by atoms with Crippen molar-refractivity contribution in [1.82, 2.24) is 4.90 Å². The van der Waals surface area contributed by atoms with Crippen LogP contribution in [0.4, 0.5) is 0 Å². The number of ether oxygens (including phenoxy) is 2. The maximum atomic E-state index is 11.7. The summed E-state index contributed by atoms with van der Waals surface area (Å²) in [6.07, 6.45) is 10.6. The molecule has 3 heterocycles. The Morgan fingerprint density at radius 3 is 2.91 bits per heavy atom. The second-order valence-electron chi connectivity index (χ2n) is 9.07. The summed E-state index contributed by atoms with van der Waals surface area (Å²) in [5.41, 5.74) is 6.43. The topological polar surface area (TPSA) is 51.1 Å². The van der Waals surface area contributed by atoms with Gasteiger partial charge in [-0.2, -0.15) is 0 Å². The van der Waals surface area contributed by atoms with Gasteiger partial charge in [-0.05, 0) is 67.2 Å². The molecule has 0 bridgehead atoms. The Kier molecular flexibility index (Phi) is 5.79. The van der Waals surface area contributed by atoms with Crippen molar-refractivity contribution in [2.45, 2.75) is 51.1 Å². The third-order valence-corrected chi connectivity index (χ3v) is 7.05. The Morgan fingerprint density at radius 1 is 1.18 bits per heavy atom. The molecule has 3 atom stereocenters. The molecule has 0 saturated heterocycles. The Hall–Kier alpha value is -3.34. The molecule has 0 aliphatic carbocycles. The maximum absolute atomic E-state index is 11.7. The predicted molar refractivity (Wildman–Crippen MR) is 130 cm³/mol. The average Bonchev–Trinajstić information content (AvgIpc) is 3.38. The number of esters is 1. The van der Waals surface area contributed by atoms with E-state index < -0.39 is 0 Å². The summed E-state index contributed by atoms with van der Waals surface area (Å²) >= 11 is 0. The average molecular weight is 443 g/mol. The molecule has 0 amide bonds. The Morgan fingerprint density at radius 2 is 2.06 bits per heavy atom. The van der Waals surface area contributed by atoms with Gasteiger partial charge in [-0.15, -0.1) is 0 Å². The van der Waals surface area contributed by atoms with Crippen molar-refractivity contribution in [3.63, 3.8) is 0 Å². The highest BCUT2D eigenvalue weighted by Gasteiger charge is 2.34. The van der Waals surface area contributed by atoms with Gasteiger partial charge < -0.3 is 14.4 Å². The maximum Gasteiger partial charge on any atom is 0.306 e. The summed E-state index contributed by atoms with van der Waals surface area (Å²) in [7, 11) is 1.43. The van der Waals surface area contributed by atoms with Gasteiger partial charge in [-0.1, -0.05) is 36.4 Å². The van der Waals surface area contributed by atoms with Gasteiger partial charge in [0, 0.05) is 17.7 Å². The Balaban J connectivity index is 1.30. The summed E-state index contributed by atoms with van der Waals surface area (Å²) in [6, 6.07) is 13.5. The molecule has 170 valence electrons. The normalized spacial score (nSPS) is 22.6. The fourth-order valence-electron chi connectivity index (χ4n) is 5.22. The lowest BCUT2D eigenvalue weighted by molar-refractivity contribution is -0.141. The number of carbonyl (C=O) groups excluding carboxylic acids is 1. The summed E-state index contributed by atoms with van der Waals surface area (Å²) in [5, 5.41) is 0. The molecule has 0 aromatic heterocycles. The summed E-state index contributed by atoms with van der Waals surface area (Å²) in [4.78, 5) is 18.8. The number of aliphatic imine (C=N–C) groups is 1. The lowest BCUT2D eigenvalue weighted by atomic mass is 9.90. The molecule has 0 fully saturated rings. The van der Waals surface area contributed by atoms with Gasteiger partial charge >= 0.3 is 5.97 Å². The van der Waals surface area contributed by atoms with Crippen LogP contribution in [0.15, 0.2) is 65.8 Å². The summed E-state index contributed by atoms with van der Waals surface area (Å²) in [6.45, 7) is 4.97. The van der Waals surface area contributed by atoms with E-state index in [1.54, 1.807) is 0 Å². The Bertz CT molecular complexity index is 1160. The largest absolute Gasteiger partial charge is 0.493 e. The number of hydrogen-bond donors (Lipinski definition) is 0. The summed E-state index contributed by atoms with van der Waals surface area (Å²) in [5.74, 6) is 1.84. The molecule has 0 saturated carbocycles. The highest BCUT2D eigenvalue weighted by molar-refractivity contribution is 5.96. The standard InChI is InChI=1S/C28H30N2O3/c1-18-21(7-6-8-23(18)28-19(2)29-26-9-4-5-14-30(26)28)12-10-20-11-13-24-22(16-27(31)32-3)17-33-25(24)15-20/h4-9,11,13-15,19,22,28H,10,12,16-17H2,1-3H3/t19?,22-,28?/m1/s1. The molecular formula is C28H30N2O3. The number of carbonyl (C=O) groups is 1. The van der Waals surface area contributed by atoms with Crippen LogP contribution >= 0.6 is 0 Å². The first-order chi connectivity index (χ1) is 16.0. The van der Waals surface area contributed by atoms with Crippen LogP contribution < -0.4 is 4.74 Å². The molecule has 2 aromatic rings. The fraction of sp³-hybridized carbons (Fsp3) is 0.357. The summed E-state index contributed by atoms with van der Waals surface area (Å²) < 4.78 is 10.7. The van der Waals surface area contributed by atoms with Gasteiger partial charge in [-0.3, -0.25) is 9.79 Å². The van der Waals surface area contributed by atoms with Crippen LogP contribution in [0.5, 0.6) is 5.75 Å². The minimum absolute atomic E-state index is 0.0830. The van der Waals surface area contributed by atoms with Gasteiger partial charge in [0.05, 0.1) is 32.2 Å². The molecule has 5 heteroatoms. The number of hydrogen-bond acceptors (Lipinski definition) is 5. The van der Waals surface area contributed by atoms with Crippen molar-refractivity contribution in [1.29, 1.82) is 0 Å². The molecule has 2 aromatic carbocycles. The van der Waals surface area contributed by atoms with Gasteiger partial charge in [0.1, 0.15) is 11.6 Å². The first-order valence-electron chi connectivity index (χ1n) is 11.7. The number of rotatable bonds is 6. The molecule has 3 aliphatic heterocycles. The van der Waals surface area contributed by atoms with Crippen LogP contribution in [-0.2, 0) is 22.4 Å². The first-order valence-corrected chi connectivity index (χ1v) is 11.7. The second kappa shape index (κ2) is 8.89.